The summed E-state index contributed by atoms with van der Waals surface area (Å²) < 4.78 is 47.4. The van der Waals surface area contributed by atoms with Crippen LogP contribution in [0.1, 0.15) is 123 Å². The smallest absolute Gasteiger partial charge is 0.399 e. The Labute approximate surface area is 522 Å². The van der Waals surface area contributed by atoms with E-state index in [-0.39, 0.29) is 53.8 Å². The van der Waals surface area contributed by atoms with Crippen molar-refractivity contribution in [3.63, 3.8) is 0 Å². The SMILES string of the molecule is Cc1ncsc1-c1ccc([C@H](C)NC(=O)[C@@H]2C[C@@H](O)CN2C(=O)[C@@H](NC(=O)CNC(=O)COc2ccc3c(c2)CN(C(=O)[C@@H](NC(=O)c2cc4cc(C(F)(F)P(=O)(O)O)ccc4s2)C(C)(C)C)[C@H](C(=O)N2CCC[C@H](c4ccccc4)C2)C3)C(C)(C)C)cc1. The van der Waals surface area contributed by atoms with Crippen LogP contribution in [0.25, 0.3) is 20.5 Å². The van der Waals surface area contributed by atoms with Crippen LogP contribution in [0.3, 0.4) is 0 Å². The van der Waals surface area contributed by atoms with Crippen molar-refractivity contribution in [2.24, 2.45) is 10.8 Å². The molecular weight excluding hydrogens is 1210 g/mol. The molecule has 0 aliphatic carbocycles. The first kappa shape index (κ1) is 66.0. The standard InChI is InChI=1S/C64H75F2N8O12PS2/c1-36(38-16-18-40(19-17-38)54-37(2)68-35-88-54)69-57(78)48-29-46(75)33-74(48)60(81)55(62(3,4)5)70-52(76)30-67-53(77)34-86-47-22-20-41-27-49(59(80)72-24-12-15-42(31-72)39-13-10-9-11-14-39)73(32-44(41)26-47)61(82)56(63(6,7)8)71-58(79)51-28-43-25-45(21-23-50(43)89-51)64(65,66)87(83,84)85/h9-11,13-14,16-23,25-26,28,35-36,42,46,48-49,55-56,75H,12,15,24,27,29-34H2,1-8H3,(H,67,77)(H,69,78)(H,70,76)(H,71,79)(H2,83,84,85)/t36-,42-,46+,48-,49-,55+,56+/m0/s1. The summed E-state index contributed by atoms with van der Waals surface area (Å²) in [6, 6.07) is 22.1. The molecule has 474 valence electrons. The number of thiophene rings is 1. The maximum Gasteiger partial charge on any atom is 0.399 e. The maximum atomic E-state index is 15.3. The average Bonchev–Trinajstić information content (AvgIpc) is 1.77. The molecule has 2 fully saturated rings. The third kappa shape index (κ3) is 15.1. The van der Waals surface area contributed by atoms with E-state index < -0.39 is 115 Å². The molecule has 9 rings (SSSR count). The molecule has 3 aliphatic rings. The number of aliphatic hydroxyl groups excluding tert-OH is 1. The lowest BCUT2D eigenvalue weighted by atomic mass is 9.83. The molecule has 6 aromatic rings. The van der Waals surface area contributed by atoms with Crippen LogP contribution in [0.15, 0.2) is 103 Å². The maximum absolute atomic E-state index is 15.3. The van der Waals surface area contributed by atoms with Crippen molar-refractivity contribution in [1.29, 1.82) is 0 Å². The quantitative estimate of drug-likeness (QED) is 0.0403. The summed E-state index contributed by atoms with van der Waals surface area (Å²) in [4.78, 5) is 128. The van der Waals surface area contributed by atoms with Crippen molar-refractivity contribution in [2.75, 3.05) is 32.8 Å². The molecule has 0 bridgehead atoms. The van der Waals surface area contributed by atoms with E-state index in [4.69, 9.17) is 4.74 Å². The molecule has 3 aliphatic heterocycles. The fourth-order valence-corrected chi connectivity index (χ4v) is 13.9. The van der Waals surface area contributed by atoms with Crippen molar-refractivity contribution in [2.45, 2.75) is 136 Å². The van der Waals surface area contributed by atoms with Gasteiger partial charge in [0, 0.05) is 55.2 Å². The number of aliphatic hydroxyl groups is 1. The van der Waals surface area contributed by atoms with E-state index in [0.29, 0.717) is 23.4 Å². The Bertz CT molecular complexity index is 3700. The molecule has 25 heteroatoms. The number of thiazole rings is 1. The minimum absolute atomic E-state index is 0.00839. The van der Waals surface area contributed by atoms with Crippen LogP contribution in [0.2, 0.25) is 0 Å². The number of ether oxygens (including phenoxy) is 1. The van der Waals surface area contributed by atoms with E-state index in [2.05, 4.69) is 26.3 Å². The number of aryl methyl sites for hydroxylation is 1. The minimum Gasteiger partial charge on any atom is -0.484 e. The highest BCUT2D eigenvalue weighted by atomic mass is 32.1. The van der Waals surface area contributed by atoms with Crippen LogP contribution >= 0.6 is 30.3 Å². The summed E-state index contributed by atoms with van der Waals surface area (Å²) in [7, 11) is -5.88. The monoisotopic (exact) mass is 1280 g/mol. The second-order valence-corrected chi connectivity index (χ2v) is 28.9. The Morgan fingerprint density at radius 3 is 2.15 bits per heavy atom. The number of benzene rings is 4. The van der Waals surface area contributed by atoms with Crippen molar-refractivity contribution >= 4 is 81.7 Å². The first-order valence-electron chi connectivity index (χ1n) is 29.4. The van der Waals surface area contributed by atoms with Gasteiger partial charge >= 0.3 is 13.3 Å². The van der Waals surface area contributed by atoms with Gasteiger partial charge in [-0.2, -0.15) is 8.78 Å². The number of carbonyl (C=O) groups excluding carboxylic acids is 7. The van der Waals surface area contributed by atoms with Gasteiger partial charge in [-0.05, 0) is 101 Å². The number of β-amino-alcohol motifs (C(OH)–C–C–N with tert-alkyl or cyclic N) is 1. The van der Waals surface area contributed by atoms with Gasteiger partial charge in [-0.1, -0.05) is 108 Å². The molecule has 5 heterocycles. The van der Waals surface area contributed by atoms with E-state index in [0.717, 1.165) is 69.1 Å². The van der Waals surface area contributed by atoms with E-state index in [9.17, 15) is 57.0 Å². The number of nitrogens with one attached hydrogen (secondary N) is 4. The van der Waals surface area contributed by atoms with Crippen LogP contribution in [0.5, 0.6) is 5.75 Å². The summed E-state index contributed by atoms with van der Waals surface area (Å²) in [5.74, 6) is -3.71. The predicted molar refractivity (Wildman–Crippen MR) is 333 cm³/mol. The predicted octanol–water partition coefficient (Wildman–Crippen LogP) is 7.93. The van der Waals surface area contributed by atoms with Crippen LogP contribution < -0.4 is 26.0 Å². The first-order valence-corrected chi connectivity index (χ1v) is 32.7. The zero-order chi connectivity index (χ0) is 64.5. The molecule has 0 spiro atoms. The number of rotatable bonds is 18. The second-order valence-electron chi connectivity index (χ2n) is 25.3. The molecule has 2 saturated heterocycles. The fraction of sp³-hybridized carbons (Fsp3) is 0.438. The van der Waals surface area contributed by atoms with Crippen LogP contribution in [0.4, 0.5) is 8.78 Å². The molecule has 0 radical (unpaired) electrons. The van der Waals surface area contributed by atoms with Gasteiger partial charge in [-0.15, -0.1) is 22.7 Å². The number of hydrogen-bond donors (Lipinski definition) is 7. The number of likely N-dealkylation sites (tertiary alicyclic amines) is 2. The minimum atomic E-state index is -5.88. The van der Waals surface area contributed by atoms with E-state index in [1.54, 1.807) is 70.2 Å². The summed E-state index contributed by atoms with van der Waals surface area (Å²) >= 11 is 2.47. The molecule has 7 atom stereocenters. The van der Waals surface area contributed by atoms with Gasteiger partial charge in [0.15, 0.2) is 6.61 Å². The van der Waals surface area contributed by atoms with Crippen molar-refractivity contribution in [3.05, 3.63) is 141 Å². The van der Waals surface area contributed by atoms with Gasteiger partial charge in [0.1, 0.15) is 29.9 Å². The molecule has 20 nitrogen and oxygen atoms in total. The number of fused-ring (bicyclic) bond motifs is 2. The zero-order valence-electron chi connectivity index (χ0n) is 50.8. The van der Waals surface area contributed by atoms with E-state index in [1.807, 2.05) is 68.4 Å². The number of piperidine rings is 1. The second kappa shape index (κ2) is 26.5. The molecule has 0 saturated carbocycles. The number of nitrogens with zero attached hydrogens (tertiary/aromatic N) is 4. The molecule has 4 aromatic carbocycles. The lowest BCUT2D eigenvalue weighted by Gasteiger charge is -2.43. The number of amides is 7. The fourth-order valence-electron chi connectivity index (χ4n) is 11.6. The number of carbonyl (C=O) groups is 7. The summed E-state index contributed by atoms with van der Waals surface area (Å²) in [6.45, 7) is 13.8. The van der Waals surface area contributed by atoms with E-state index in [1.165, 1.54) is 33.3 Å². The van der Waals surface area contributed by atoms with Crippen LogP contribution in [-0.4, -0.2) is 139 Å². The van der Waals surface area contributed by atoms with Crippen molar-refractivity contribution in [1.82, 2.24) is 41.0 Å². The third-order valence-electron chi connectivity index (χ3n) is 16.6. The highest BCUT2D eigenvalue weighted by molar-refractivity contribution is 7.52. The van der Waals surface area contributed by atoms with Crippen molar-refractivity contribution in [3.8, 4) is 16.2 Å². The van der Waals surface area contributed by atoms with Crippen molar-refractivity contribution < 1.29 is 66.5 Å². The number of hydrogen-bond acceptors (Lipinski definition) is 13. The number of aromatic nitrogens is 1. The largest absolute Gasteiger partial charge is 0.484 e. The van der Waals surface area contributed by atoms with Gasteiger partial charge in [-0.3, -0.25) is 38.1 Å². The van der Waals surface area contributed by atoms with Crippen LogP contribution in [0, 0.1) is 17.8 Å². The first-order chi connectivity index (χ1) is 41.9. The van der Waals surface area contributed by atoms with Gasteiger partial charge in [0.25, 0.3) is 11.8 Å². The summed E-state index contributed by atoms with van der Waals surface area (Å²) in [6.07, 6.45) is 0.687. The molecule has 89 heavy (non-hydrogen) atoms. The average molecular weight is 1280 g/mol. The molecule has 7 amide bonds. The number of alkyl halides is 2. The molecule has 7 N–H and O–H groups in total. The van der Waals surface area contributed by atoms with Gasteiger partial charge in [-0.25, -0.2) is 4.98 Å². The summed E-state index contributed by atoms with van der Waals surface area (Å²) in [5, 5.41) is 22.0. The lowest BCUT2D eigenvalue weighted by molar-refractivity contribution is -0.150. The Hall–Kier alpha value is -7.47. The Kier molecular flexibility index (Phi) is 19.7. The number of halogens is 2. The highest BCUT2D eigenvalue weighted by Crippen LogP contribution is 2.59. The normalized spacial score (nSPS) is 19.2. The lowest BCUT2D eigenvalue weighted by Crippen LogP contribution is -2.61. The van der Waals surface area contributed by atoms with Gasteiger partial charge < -0.3 is 55.6 Å². The van der Waals surface area contributed by atoms with Gasteiger partial charge in [0.05, 0.1) is 39.6 Å². The third-order valence-corrected chi connectivity index (χ3v) is 19.7. The molecular formula is C64H75F2N8O12PS2. The van der Waals surface area contributed by atoms with Gasteiger partial charge in [0.2, 0.25) is 29.5 Å². The van der Waals surface area contributed by atoms with E-state index >= 15 is 4.79 Å². The highest BCUT2D eigenvalue weighted by Gasteiger charge is 2.51. The Morgan fingerprint density at radius 2 is 1.48 bits per heavy atom. The topological polar surface area (TPSA) is 277 Å². The Morgan fingerprint density at radius 1 is 0.798 bits per heavy atom. The zero-order valence-corrected chi connectivity index (χ0v) is 53.3. The summed E-state index contributed by atoms with van der Waals surface area (Å²) in [5.41, 5.74) is -0.298. The molecule has 2 aromatic heterocycles. The Balaban J connectivity index is 0.857. The molecule has 0 unspecified atom stereocenters. The van der Waals surface area contributed by atoms with Crippen LogP contribution in [-0.2, 0) is 52.0 Å².